The summed E-state index contributed by atoms with van der Waals surface area (Å²) >= 11 is 0. The third-order valence-corrected chi connectivity index (χ3v) is 12.9. The largest absolute Gasteiger partial charge is 0.464 e. The van der Waals surface area contributed by atoms with Gasteiger partial charge in [0.05, 0.1) is 60.5 Å². The van der Waals surface area contributed by atoms with Gasteiger partial charge in [-0.2, -0.15) is 0 Å². The zero-order valence-corrected chi connectivity index (χ0v) is 38.3. The molecule has 2 N–H and O–H groups in total. The lowest BCUT2D eigenvalue weighted by atomic mass is 9.85. The fourth-order valence-corrected chi connectivity index (χ4v) is 9.67. The number of fused-ring (bicyclic) bond motifs is 6. The van der Waals surface area contributed by atoms with Gasteiger partial charge in [0.15, 0.2) is 0 Å². The fourth-order valence-electron chi connectivity index (χ4n) is 9.67. The number of likely N-dealkylation sites (tertiary alicyclic amines) is 1. The molecule has 18 heteroatoms. The van der Waals surface area contributed by atoms with Crippen LogP contribution in [0.1, 0.15) is 71.6 Å². The Hall–Kier alpha value is -5.46. The van der Waals surface area contributed by atoms with Crippen LogP contribution >= 0.6 is 0 Å². The van der Waals surface area contributed by atoms with Crippen molar-refractivity contribution >= 4 is 46.6 Å². The normalized spacial score (nSPS) is 23.4. The second-order valence-electron chi connectivity index (χ2n) is 18.5. The van der Waals surface area contributed by atoms with E-state index < -0.39 is 53.3 Å². The molecule has 0 aromatic carbocycles. The first-order chi connectivity index (χ1) is 30.6. The molecule has 7 rings (SSSR count). The van der Waals surface area contributed by atoms with Gasteiger partial charge in [-0.1, -0.05) is 34.3 Å². The Morgan fingerprint density at radius 1 is 1.14 bits per heavy atom. The number of aryl methyl sites for hydroxylation is 1. The van der Waals surface area contributed by atoms with Crippen molar-refractivity contribution in [1.82, 2.24) is 45.1 Å². The second-order valence-corrected chi connectivity index (χ2v) is 18.5. The molecule has 4 aliphatic heterocycles. The van der Waals surface area contributed by atoms with Gasteiger partial charge >= 0.3 is 5.97 Å². The summed E-state index contributed by atoms with van der Waals surface area (Å²) in [4.78, 5) is 89.1. The first-order valence-corrected chi connectivity index (χ1v) is 22.5. The minimum atomic E-state index is -1.09. The summed E-state index contributed by atoms with van der Waals surface area (Å²) in [6.07, 6.45) is 6.38. The Morgan fingerprint density at radius 2 is 1.94 bits per heavy atom. The standard InChI is InChI=1S/C46H64N10O8/c1-9-37(57)53-18-15-29(24-53)42(59)52(7)39(28(3)4)41(58)49-34-21-30-25-54(19-20-63-30)45-48-23-36-38(50-45)32(40(55(36)10-2)31-13-11-16-47-35(31)26-62-8)22-46(5,6)27-64-44(61)33-14-12-17-56(51-33)43(34)60/h9,11,13,16,23,28-30,33-34,39,51H,1,10,12,14-15,17-22,24-27H2,2-8H3,(H,49,58)/t29-,30-,33-,34-,39?/m0/s1. The van der Waals surface area contributed by atoms with Gasteiger partial charge in [-0.25, -0.2) is 15.4 Å². The molecule has 6 bridgehead atoms. The summed E-state index contributed by atoms with van der Waals surface area (Å²) in [5.41, 5.74) is 7.86. The highest BCUT2D eigenvalue weighted by molar-refractivity contribution is 5.94. The van der Waals surface area contributed by atoms with E-state index in [0.29, 0.717) is 77.6 Å². The lowest BCUT2D eigenvalue weighted by molar-refractivity contribution is -0.156. The number of hydrogen-bond donors (Lipinski definition) is 2. The highest BCUT2D eigenvalue weighted by Gasteiger charge is 2.41. The number of carbonyl (C=O) groups excluding carboxylic acids is 5. The lowest BCUT2D eigenvalue weighted by Crippen LogP contribution is -2.62. The van der Waals surface area contributed by atoms with Crippen LogP contribution in [0.4, 0.5) is 5.95 Å². The van der Waals surface area contributed by atoms with Gasteiger partial charge in [0.25, 0.3) is 5.91 Å². The monoisotopic (exact) mass is 884 g/mol. The Kier molecular flexibility index (Phi) is 14.3. The maximum atomic E-state index is 14.6. The Bertz CT molecular complexity index is 2240. The van der Waals surface area contributed by atoms with Crippen LogP contribution in [0.3, 0.4) is 0 Å². The number of methoxy groups -OCH3 is 1. The van der Waals surface area contributed by atoms with Crippen LogP contribution in [0.15, 0.2) is 37.2 Å². The van der Waals surface area contributed by atoms with Crippen molar-refractivity contribution < 1.29 is 38.2 Å². The minimum absolute atomic E-state index is 0.0966. The molecule has 64 heavy (non-hydrogen) atoms. The summed E-state index contributed by atoms with van der Waals surface area (Å²) in [6.45, 7) is 16.6. The van der Waals surface area contributed by atoms with Crippen molar-refractivity contribution in [3.63, 3.8) is 0 Å². The molecule has 1 unspecified atom stereocenters. The van der Waals surface area contributed by atoms with E-state index in [-0.39, 0.29) is 37.3 Å². The van der Waals surface area contributed by atoms with Crippen LogP contribution in [0.5, 0.6) is 0 Å². The van der Waals surface area contributed by atoms with Crippen LogP contribution < -0.4 is 15.6 Å². The summed E-state index contributed by atoms with van der Waals surface area (Å²) < 4.78 is 20.2. The molecule has 3 saturated heterocycles. The number of anilines is 1. The van der Waals surface area contributed by atoms with Crippen molar-refractivity contribution in [3.8, 4) is 11.3 Å². The number of ether oxygens (including phenoxy) is 3. The number of pyridine rings is 1. The van der Waals surface area contributed by atoms with Crippen LogP contribution in [-0.2, 0) is 57.8 Å². The number of rotatable bonds is 10. The third kappa shape index (κ3) is 9.78. The molecule has 0 saturated carbocycles. The second kappa shape index (κ2) is 19.7. The quantitative estimate of drug-likeness (QED) is 0.223. The number of hydrazine groups is 1. The van der Waals surface area contributed by atoms with E-state index in [2.05, 4.69) is 47.6 Å². The van der Waals surface area contributed by atoms with Gasteiger partial charge in [-0.15, -0.1) is 0 Å². The van der Waals surface area contributed by atoms with E-state index in [4.69, 9.17) is 29.2 Å². The highest BCUT2D eigenvalue weighted by atomic mass is 16.5. The Morgan fingerprint density at radius 3 is 2.67 bits per heavy atom. The van der Waals surface area contributed by atoms with Crippen molar-refractivity contribution in [2.75, 3.05) is 65.0 Å². The number of esters is 1. The number of aromatic nitrogens is 4. The van der Waals surface area contributed by atoms with Gasteiger partial charge in [-0.3, -0.25) is 34.0 Å². The first kappa shape index (κ1) is 46.5. The summed E-state index contributed by atoms with van der Waals surface area (Å²) in [5.74, 6) is -2.20. The van der Waals surface area contributed by atoms with E-state index in [9.17, 15) is 24.0 Å². The van der Waals surface area contributed by atoms with E-state index in [1.165, 1.54) is 16.0 Å². The molecule has 4 amide bonds. The van der Waals surface area contributed by atoms with Crippen molar-refractivity contribution in [2.45, 2.75) is 104 Å². The summed E-state index contributed by atoms with van der Waals surface area (Å²) in [7, 11) is 3.24. The predicted octanol–water partition coefficient (Wildman–Crippen LogP) is 2.88. The van der Waals surface area contributed by atoms with E-state index >= 15 is 0 Å². The van der Waals surface area contributed by atoms with E-state index in [0.717, 1.165) is 33.5 Å². The zero-order chi connectivity index (χ0) is 45.9. The molecule has 5 atom stereocenters. The molecule has 0 spiro atoms. The topological polar surface area (TPSA) is 194 Å². The van der Waals surface area contributed by atoms with Crippen molar-refractivity contribution in [1.29, 1.82) is 0 Å². The van der Waals surface area contributed by atoms with Crippen LogP contribution in [0.2, 0.25) is 0 Å². The van der Waals surface area contributed by atoms with Crippen LogP contribution in [-0.4, -0.2) is 148 Å². The number of nitrogens with one attached hydrogen (secondary N) is 2. The molecule has 3 aromatic rings. The van der Waals surface area contributed by atoms with Crippen molar-refractivity contribution in [3.05, 3.63) is 48.4 Å². The summed E-state index contributed by atoms with van der Waals surface area (Å²) in [5, 5.41) is 4.43. The number of carbonyl (C=O) groups is 5. The minimum Gasteiger partial charge on any atom is -0.464 e. The molecule has 346 valence electrons. The van der Waals surface area contributed by atoms with Gasteiger partial charge in [-0.05, 0) is 56.7 Å². The Labute approximate surface area is 375 Å². The lowest BCUT2D eigenvalue weighted by Gasteiger charge is -2.39. The van der Waals surface area contributed by atoms with E-state index in [1.807, 2.05) is 32.2 Å². The van der Waals surface area contributed by atoms with Crippen molar-refractivity contribution in [2.24, 2.45) is 17.3 Å². The predicted molar refractivity (Wildman–Crippen MR) is 238 cm³/mol. The Balaban J connectivity index is 1.24. The molecule has 18 nitrogen and oxygen atoms in total. The highest BCUT2D eigenvalue weighted by Crippen LogP contribution is 2.39. The third-order valence-electron chi connectivity index (χ3n) is 12.9. The molecule has 0 radical (unpaired) electrons. The molecular weight excluding hydrogens is 821 g/mol. The average Bonchev–Trinajstić information content (AvgIpc) is 3.90. The van der Waals surface area contributed by atoms with Gasteiger partial charge in [0, 0.05) is 82.6 Å². The molecule has 7 heterocycles. The molecule has 4 aliphatic rings. The van der Waals surface area contributed by atoms with E-state index in [1.54, 1.807) is 25.3 Å². The molecule has 3 fully saturated rings. The number of nitrogens with zero attached hydrogens (tertiary/aromatic N) is 8. The molecule has 3 aromatic heterocycles. The number of amides is 4. The first-order valence-electron chi connectivity index (χ1n) is 22.5. The maximum absolute atomic E-state index is 14.6. The number of likely N-dealkylation sites (N-methyl/N-ethyl adjacent to an activating group) is 1. The SMILES string of the molecule is C=CC(=O)N1CC[C@H](C(=O)N(C)C(C(=O)N[C@H]2C[C@H]3CN(CCO3)c3ncc4c(n3)c(c(-c3cccnc3COC)n4CC)CC(C)(C)COC(=O)[C@@H]3CCCN(N3)C2=O)C(C)C)C1. The van der Waals surface area contributed by atoms with Gasteiger partial charge < -0.3 is 38.8 Å². The fraction of sp³-hybridized carbons (Fsp3) is 0.609. The van der Waals surface area contributed by atoms with Crippen LogP contribution in [0.25, 0.3) is 22.3 Å². The summed E-state index contributed by atoms with van der Waals surface area (Å²) in [6, 6.07) is 1.15. The van der Waals surface area contributed by atoms with Gasteiger partial charge in [0.2, 0.25) is 23.7 Å². The molecule has 0 aliphatic carbocycles. The number of morpholine rings is 1. The average molecular weight is 885 g/mol. The number of cyclic esters (lactones) is 1. The maximum Gasteiger partial charge on any atom is 0.324 e. The van der Waals surface area contributed by atoms with Crippen LogP contribution in [0, 0.1) is 17.3 Å². The smallest absolute Gasteiger partial charge is 0.324 e. The van der Waals surface area contributed by atoms with Gasteiger partial charge in [0.1, 0.15) is 18.1 Å². The number of hydrogen-bond acceptors (Lipinski definition) is 13. The zero-order valence-electron chi connectivity index (χ0n) is 38.3. The molecular formula is C46H64N10O8.